The Labute approximate surface area is 101 Å². The maximum atomic E-state index is 11.8. The lowest BCUT2D eigenvalue weighted by molar-refractivity contribution is -0.142. The standard InChI is InChI=1S/C9H18N2O5S/c1-7(12)5-10-17(15,16)11-4-2-3-8(6-11)9(13)14/h7-8,10,12H,2-6H2,1H3,(H,13,14)/t7-,8?/m0/s1. The molecule has 8 heteroatoms. The quantitative estimate of drug-likeness (QED) is 0.591. The maximum Gasteiger partial charge on any atom is 0.307 e. The molecule has 1 saturated heterocycles. The second-order valence-electron chi connectivity index (χ2n) is 4.24. The molecular formula is C9H18N2O5S. The van der Waals surface area contributed by atoms with Crippen LogP contribution < -0.4 is 4.72 Å². The van der Waals surface area contributed by atoms with Gasteiger partial charge in [-0.1, -0.05) is 0 Å². The van der Waals surface area contributed by atoms with Gasteiger partial charge in [0.15, 0.2) is 0 Å². The molecule has 1 unspecified atom stereocenters. The molecule has 0 aromatic carbocycles. The summed E-state index contributed by atoms with van der Waals surface area (Å²) in [7, 11) is -3.68. The van der Waals surface area contributed by atoms with Gasteiger partial charge in [-0.15, -0.1) is 0 Å². The number of nitrogens with one attached hydrogen (secondary N) is 1. The van der Waals surface area contributed by atoms with Crippen LogP contribution in [0.3, 0.4) is 0 Å². The number of carboxylic acid groups (broad SMARTS) is 1. The molecule has 0 bridgehead atoms. The van der Waals surface area contributed by atoms with Crippen molar-refractivity contribution in [3.05, 3.63) is 0 Å². The molecule has 0 amide bonds. The zero-order valence-electron chi connectivity index (χ0n) is 9.66. The fraction of sp³-hybridized carbons (Fsp3) is 0.889. The zero-order valence-corrected chi connectivity index (χ0v) is 10.5. The van der Waals surface area contributed by atoms with Gasteiger partial charge in [0, 0.05) is 19.6 Å². The normalized spacial score (nSPS) is 24.5. The Hall–Kier alpha value is -0.700. The molecule has 0 aliphatic carbocycles. The van der Waals surface area contributed by atoms with Crippen LogP contribution in [0.4, 0.5) is 0 Å². The Bertz CT molecular complexity index is 368. The molecular weight excluding hydrogens is 248 g/mol. The van der Waals surface area contributed by atoms with Gasteiger partial charge >= 0.3 is 5.97 Å². The van der Waals surface area contributed by atoms with Crippen LogP contribution >= 0.6 is 0 Å². The van der Waals surface area contributed by atoms with Gasteiger partial charge in [-0.05, 0) is 19.8 Å². The number of carbonyl (C=O) groups is 1. The van der Waals surface area contributed by atoms with Crippen LogP contribution in [0.1, 0.15) is 19.8 Å². The molecule has 1 rings (SSSR count). The van der Waals surface area contributed by atoms with E-state index in [1.807, 2.05) is 0 Å². The lowest BCUT2D eigenvalue weighted by atomic mass is 10.0. The molecule has 1 fully saturated rings. The van der Waals surface area contributed by atoms with Crippen molar-refractivity contribution in [3.8, 4) is 0 Å². The van der Waals surface area contributed by atoms with Crippen LogP contribution in [0.2, 0.25) is 0 Å². The van der Waals surface area contributed by atoms with Crippen molar-refractivity contribution in [2.24, 2.45) is 5.92 Å². The van der Waals surface area contributed by atoms with Crippen molar-refractivity contribution >= 4 is 16.2 Å². The van der Waals surface area contributed by atoms with Gasteiger partial charge in [0.1, 0.15) is 0 Å². The van der Waals surface area contributed by atoms with Gasteiger partial charge in [-0.25, -0.2) is 0 Å². The van der Waals surface area contributed by atoms with Crippen LogP contribution in [0, 0.1) is 5.92 Å². The summed E-state index contributed by atoms with van der Waals surface area (Å²) >= 11 is 0. The number of aliphatic hydroxyl groups excluding tert-OH is 1. The molecule has 2 atom stereocenters. The summed E-state index contributed by atoms with van der Waals surface area (Å²) in [6, 6.07) is 0. The summed E-state index contributed by atoms with van der Waals surface area (Å²) in [6.07, 6.45) is 0.259. The van der Waals surface area contributed by atoms with Crippen molar-refractivity contribution in [2.75, 3.05) is 19.6 Å². The van der Waals surface area contributed by atoms with Crippen LogP contribution in [0.5, 0.6) is 0 Å². The first-order chi connectivity index (χ1) is 7.83. The van der Waals surface area contributed by atoms with Gasteiger partial charge in [-0.3, -0.25) is 4.79 Å². The zero-order chi connectivity index (χ0) is 13.1. The minimum atomic E-state index is -3.68. The molecule has 0 radical (unpaired) electrons. The van der Waals surface area contributed by atoms with E-state index in [0.717, 1.165) is 4.31 Å². The van der Waals surface area contributed by atoms with E-state index in [1.54, 1.807) is 0 Å². The van der Waals surface area contributed by atoms with Crippen LogP contribution in [-0.4, -0.2) is 54.6 Å². The first-order valence-corrected chi connectivity index (χ1v) is 6.92. The predicted molar refractivity (Wildman–Crippen MR) is 60.5 cm³/mol. The fourth-order valence-electron chi connectivity index (χ4n) is 1.68. The van der Waals surface area contributed by atoms with Crippen molar-refractivity contribution in [3.63, 3.8) is 0 Å². The number of hydrogen-bond donors (Lipinski definition) is 3. The fourth-order valence-corrected chi connectivity index (χ4v) is 3.06. The lowest BCUT2D eigenvalue weighted by Gasteiger charge is -2.29. The number of piperidine rings is 1. The number of aliphatic hydroxyl groups is 1. The van der Waals surface area contributed by atoms with E-state index in [2.05, 4.69) is 4.72 Å². The summed E-state index contributed by atoms with van der Waals surface area (Å²) in [4.78, 5) is 10.8. The van der Waals surface area contributed by atoms with Crippen LogP contribution in [0.25, 0.3) is 0 Å². The second kappa shape index (κ2) is 5.76. The summed E-state index contributed by atoms with van der Waals surface area (Å²) in [5, 5.41) is 17.9. The second-order valence-corrected chi connectivity index (χ2v) is 5.99. The average molecular weight is 266 g/mol. The van der Waals surface area contributed by atoms with E-state index in [1.165, 1.54) is 6.92 Å². The predicted octanol–water partition coefficient (Wildman–Crippen LogP) is -1.00. The number of nitrogens with zero attached hydrogens (tertiary/aromatic N) is 1. The average Bonchev–Trinajstić information content (AvgIpc) is 2.27. The highest BCUT2D eigenvalue weighted by Crippen LogP contribution is 2.18. The van der Waals surface area contributed by atoms with E-state index in [9.17, 15) is 13.2 Å². The molecule has 0 spiro atoms. The van der Waals surface area contributed by atoms with E-state index < -0.39 is 28.2 Å². The summed E-state index contributed by atoms with van der Waals surface area (Å²) in [5.74, 6) is -1.62. The topological polar surface area (TPSA) is 107 Å². The van der Waals surface area contributed by atoms with E-state index in [0.29, 0.717) is 19.4 Å². The van der Waals surface area contributed by atoms with Crippen molar-refractivity contribution in [2.45, 2.75) is 25.9 Å². The Kier molecular flexibility index (Phi) is 4.87. The van der Waals surface area contributed by atoms with Gasteiger partial charge in [0.25, 0.3) is 10.2 Å². The third-order valence-electron chi connectivity index (χ3n) is 2.63. The highest BCUT2D eigenvalue weighted by Gasteiger charge is 2.32. The van der Waals surface area contributed by atoms with Crippen LogP contribution in [-0.2, 0) is 15.0 Å². The monoisotopic (exact) mass is 266 g/mol. The molecule has 3 N–H and O–H groups in total. The van der Waals surface area contributed by atoms with Gasteiger partial charge in [0.05, 0.1) is 12.0 Å². The molecule has 100 valence electrons. The highest BCUT2D eigenvalue weighted by atomic mass is 32.2. The highest BCUT2D eigenvalue weighted by molar-refractivity contribution is 7.87. The summed E-state index contributed by atoms with van der Waals surface area (Å²) < 4.78 is 26.9. The Morgan fingerprint density at radius 3 is 2.76 bits per heavy atom. The maximum absolute atomic E-state index is 11.8. The van der Waals surface area contributed by atoms with Crippen molar-refractivity contribution < 1.29 is 23.4 Å². The molecule has 0 saturated carbocycles. The first-order valence-electron chi connectivity index (χ1n) is 5.48. The van der Waals surface area contributed by atoms with Gasteiger partial charge in [-0.2, -0.15) is 17.4 Å². The van der Waals surface area contributed by atoms with E-state index >= 15 is 0 Å². The smallest absolute Gasteiger partial charge is 0.307 e. The van der Waals surface area contributed by atoms with Crippen molar-refractivity contribution in [1.82, 2.24) is 9.03 Å². The summed E-state index contributed by atoms with van der Waals surface area (Å²) in [5.41, 5.74) is 0. The van der Waals surface area contributed by atoms with Crippen molar-refractivity contribution in [1.29, 1.82) is 0 Å². The summed E-state index contributed by atoms with van der Waals surface area (Å²) in [6.45, 7) is 1.71. The van der Waals surface area contributed by atoms with E-state index in [-0.39, 0.29) is 13.1 Å². The first kappa shape index (κ1) is 14.4. The largest absolute Gasteiger partial charge is 0.481 e. The third kappa shape index (κ3) is 4.23. The molecule has 0 aromatic heterocycles. The van der Waals surface area contributed by atoms with Gasteiger partial charge < -0.3 is 10.2 Å². The Morgan fingerprint density at radius 2 is 2.24 bits per heavy atom. The SMILES string of the molecule is C[C@H](O)CNS(=O)(=O)N1CCCC(C(=O)O)C1. The number of rotatable bonds is 5. The van der Waals surface area contributed by atoms with E-state index in [4.69, 9.17) is 10.2 Å². The van der Waals surface area contributed by atoms with Gasteiger partial charge in [0.2, 0.25) is 0 Å². The van der Waals surface area contributed by atoms with Crippen LogP contribution in [0.15, 0.2) is 0 Å². The molecule has 1 heterocycles. The molecule has 0 aromatic rings. The molecule has 1 aliphatic heterocycles. The molecule has 17 heavy (non-hydrogen) atoms. The minimum absolute atomic E-state index is 0.00945. The molecule has 7 nitrogen and oxygen atoms in total. The number of carboxylic acids is 1. The number of aliphatic carboxylic acids is 1. The number of hydrogen-bond acceptors (Lipinski definition) is 4. The molecule has 1 aliphatic rings. The lowest BCUT2D eigenvalue weighted by Crippen LogP contribution is -2.48. The third-order valence-corrected chi connectivity index (χ3v) is 4.18. The Morgan fingerprint density at radius 1 is 1.59 bits per heavy atom. The minimum Gasteiger partial charge on any atom is -0.481 e. The Balaban J connectivity index is 2.62.